The van der Waals surface area contributed by atoms with E-state index in [1.807, 2.05) is 36.7 Å². The number of ether oxygens (including phenoxy) is 2. The van der Waals surface area contributed by atoms with Crippen LogP contribution in [0.4, 0.5) is 0 Å². The summed E-state index contributed by atoms with van der Waals surface area (Å²) < 4.78 is 11.6. The summed E-state index contributed by atoms with van der Waals surface area (Å²) in [5.74, 6) is 0.772. The number of aromatic nitrogens is 2. The number of aromatic amines is 1. The second-order valence-corrected chi connectivity index (χ2v) is 9.06. The van der Waals surface area contributed by atoms with Gasteiger partial charge in [-0.05, 0) is 72.7 Å². The Morgan fingerprint density at radius 3 is 2.71 bits per heavy atom. The molecule has 0 amide bonds. The van der Waals surface area contributed by atoms with Gasteiger partial charge in [-0.15, -0.1) is 0 Å². The van der Waals surface area contributed by atoms with Crippen LogP contribution in [0.3, 0.4) is 0 Å². The highest BCUT2D eigenvalue weighted by Crippen LogP contribution is 2.40. The summed E-state index contributed by atoms with van der Waals surface area (Å²) >= 11 is 0. The topological polar surface area (TPSA) is 70.6 Å². The van der Waals surface area contributed by atoms with E-state index in [-0.39, 0.29) is 0 Å². The van der Waals surface area contributed by atoms with Crippen LogP contribution >= 0.6 is 0 Å². The average molecular weight is 422 g/mol. The second kappa shape index (κ2) is 8.99. The predicted octanol–water partition coefficient (Wildman–Crippen LogP) is 3.86. The molecule has 2 aliphatic rings. The molecule has 1 atom stereocenters. The van der Waals surface area contributed by atoms with E-state index in [1.54, 1.807) is 0 Å². The molecule has 0 saturated carbocycles. The first-order chi connectivity index (χ1) is 15.2. The van der Waals surface area contributed by atoms with Gasteiger partial charge in [0, 0.05) is 31.5 Å². The Kier molecular flexibility index (Phi) is 5.94. The highest BCUT2D eigenvalue weighted by atomic mass is 16.5. The Morgan fingerprint density at radius 2 is 1.94 bits per heavy atom. The minimum absolute atomic E-state index is 0.290. The maximum atomic E-state index is 10.6. The van der Waals surface area contributed by atoms with Crippen LogP contribution in [-0.2, 0) is 4.74 Å². The zero-order chi connectivity index (χ0) is 21.1. The van der Waals surface area contributed by atoms with Crippen LogP contribution in [0.2, 0.25) is 0 Å². The molecule has 3 aromatic rings. The summed E-state index contributed by atoms with van der Waals surface area (Å²) in [7, 11) is 0. The number of hydrogen-bond acceptors (Lipinski definition) is 5. The molecule has 2 aromatic carbocycles. The molecule has 31 heavy (non-hydrogen) atoms. The number of fused-ring (bicyclic) bond motifs is 1. The number of β-amino-alcohol motifs (C(OH)–C–C–N with tert-alkyl or cyclic N) is 1. The predicted molar refractivity (Wildman–Crippen MR) is 121 cm³/mol. The lowest BCUT2D eigenvalue weighted by Gasteiger charge is -2.44. The van der Waals surface area contributed by atoms with Crippen molar-refractivity contribution in [3.8, 4) is 16.9 Å². The van der Waals surface area contributed by atoms with E-state index in [0.29, 0.717) is 18.6 Å². The molecule has 6 nitrogen and oxygen atoms in total. The molecular weight excluding hydrogens is 390 g/mol. The Balaban J connectivity index is 1.20. The van der Waals surface area contributed by atoms with Gasteiger partial charge in [-0.1, -0.05) is 24.3 Å². The van der Waals surface area contributed by atoms with Crippen molar-refractivity contribution in [1.82, 2.24) is 15.1 Å². The molecule has 1 unspecified atom stereocenters. The largest absolute Gasteiger partial charge is 0.491 e. The Bertz CT molecular complexity index is 988. The fourth-order valence-electron chi connectivity index (χ4n) is 5.06. The van der Waals surface area contributed by atoms with Crippen LogP contribution in [0.25, 0.3) is 21.9 Å². The van der Waals surface area contributed by atoms with Crippen molar-refractivity contribution in [3.63, 3.8) is 0 Å². The Hall–Kier alpha value is -2.41. The Labute approximate surface area is 183 Å². The maximum absolute atomic E-state index is 10.6. The molecule has 2 saturated heterocycles. The minimum Gasteiger partial charge on any atom is -0.491 e. The average Bonchev–Trinajstić information content (AvgIpc) is 3.34. The number of rotatable bonds is 6. The lowest BCUT2D eigenvalue weighted by molar-refractivity contribution is -0.0293. The standard InChI is InChI=1S/C25H31N3O3/c29-21(17-28-9-5-25(6-10-28)7-11-30-12-8-25)18-31-22-13-19-3-1-2-4-23(19)24(14-22)20-15-26-27-16-20/h1-4,13-16,21,29H,5-12,17-18H2,(H,26,27). The van der Waals surface area contributed by atoms with Crippen molar-refractivity contribution >= 4 is 10.8 Å². The first kappa shape index (κ1) is 20.5. The lowest BCUT2D eigenvalue weighted by atomic mass is 9.72. The van der Waals surface area contributed by atoms with Gasteiger partial charge in [0.1, 0.15) is 18.5 Å². The maximum Gasteiger partial charge on any atom is 0.120 e. The van der Waals surface area contributed by atoms with E-state index in [4.69, 9.17) is 9.47 Å². The molecule has 2 aliphatic heterocycles. The summed E-state index contributed by atoms with van der Waals surface area (Å²) in [4.78, 5) is 2.38. The second-order valence-electron chi connectivity index (χ2n) is 9.06. The molecule has 3 heterocycles. The molecule has 6 heteroatoms. The highest BCUT2D eigenvalue weighted by Gasteiger charge is 2.36. The van der Waals surface area contributed by atoms with Gasteiger partial charge in [-0.25, -0.2) is 0 Å². The van der Waals surface area contributed by atoms with E-state index in [9.17, 15) is 5.11 Å². The minimum atomic E-state index is -0.507. The third kappa shape index (κ3) is 4.61. The van der Waals surface area contributed by atoms with Crippen LogP contribution in [0.1, 0.15) is 25.7 Å². The van der Waals surface area contributed by atoms with Crippen LogP contribution in [0.5, 0.6) is 5.75 Å². The third-order valence-corrected chi connectivity index (χ3v) is 7.03. The number of H-pyrrole nitrogens is 1. The zero-order valence-corrected chi connectivity index (χ0v) is 17.9. The van der Waals surface area contributed by atoms with Gasteiger partial charge in [-0.2, -0.15) is 5.10 Å². The van der Waals surface area contributed by atoms with Crippen LogP contribution in [0, 0.1) is 5.41 Å². The summed E-state index contributed by atoms with van der Waals surface area (Å²) in [6.07, 6.45) is 8.00. The van der Waals surface area contributed by atoms with E-state index in [1.165, 1.54) is 25.7 Å². The van der Waals surface area contributed by atoms with Crippen molar-refractivity contribution < 1.29 is 14.6 Å². The van der Waals surface area contributed by atoms with Gasteiger partial charge in [0.05, 0.1) is 6.20 Å². The number of nitrogens with one attached hydrogen (secondary N) is 1. The highest BCUT2D eigenvalue weighted by molar-refractivity contribution is 5.97. The molecule has 0 bridgehead atoms. The quantitative estimate of drug-likeness (QED) is 0.632. The smallest absolute Gasteiger partial charge is 0.120 e. The van der Waals surface area contributed by atoms with E-state index in [2.05, 4.69) is 27.2 Å². The van der Waals surface area contributed by atoms with Gasteiger partial charge >= 0.3 is 0 Å². The van der Waals surface area contributed by atoms with Crippen molar-refractivity contribution in [2.75, 3.05) is 39.5 Å². The SMILES string of the molecule is OC(COc1cc(-c2cn[nH]c2)c2ccccc2c1)CN1CCC2(CCOCC2)CC1. The first-order valence-electron chi connectivity index (χ1n) is 11.3. The van der Waals surface area contributed by atoms with Crippen molar-refractivity contribution in [3.05, 3.63) is 48.8 Å². The molecule has 5 rings (SSSR count). The first-order valence-corrected chi connectivity index (χ1v) is 11.3. The number of benzene rings is 2. The van der Waals surface area contributed by atoms with Gasteiger partial charge in [0.15, 0.2) is 0 Å². The zero-order valence-electron chi connectivity index (χ0n) is 17.9. The third-order valence-electron chi connectivity index (χ3n) is 7.03. The Morgan fingerprint density at radius 1 is 1.13 bits per heavy atom. The molecule has 164 valence electrons. The molecule has 0 aliphatic carbocycles. The fourth-order valence-corrected chi connectivity index (χ4v) is 5.06. The van der Waals surface area contributed by atoms with E-state index < -0.39 is 6.10 Å². The molecule has 0 radical (unpaired) electrons. The van der Waals surface area contributed by atoms with Crippen molar-refractivity contribution in [2.45, 2.75) is 31.8 Å². The summed E-state index contributed by atoms with van der Waals surface area (Å²) in [5.41, 5.74) is 2.58. The summed E-state index contributed by atoms with van der Waals surface area (Å²) in [6.45, 7) is 4.87. The molecule has 2 N–H and O–H groups in total. The number of aliphatic hydroxyl groups is 1. The lowest BCUT2D eigenvalue weighted by Crippen LogP contribution is -2.46. The van der Waals surface area contributed by atoms with Crippen LogP contribution in [-0.4, -0.2) is 65.8 Å². The number of likely N-dealkylation sites (tertiary alicyclic amines) is 1. The van der Waals surface area contributed by atoms with Crippen molar-refractivity contribution in [1.29, 1.82) is 0 Å². The van der Waals surface area contributed by atoms with E-state index in [0.717, 1.165) is 54.0 Å². The summed E-state index contributed by atoms with van der Waals surface area (Å²) in [5, 5.41) is 19.9. The number of aliphatic hydroxyl groups excluding tert-OH is 1. The normalized spacial score (nSPS) is 20.2. The summed E-state index contributed by atoms with van der Waals surface area (Å²) in [6, 6.07) is 12.3. The number of piperidine rings is 1. The molecular formula is C25H31N3O3. The van der Waals surface area contributed by atoms with Crippen molar-refractivity contribution in [2.24, 2.45) is 5.41 Å². The van der Waals surface area contributed by atoms with Gasteiger partial charge < -0.3 is 19.5 Å². The fraction of sp³-hybridized carbons (Fsp3) is 0.480. The molecule has 1 spiro atoms. The van der Waals surface area contributed by atoms with Gasteiger partial charge in [0.2, 0.25) is 0 Å². The molecule has 1 aromatic heterocycles. The monoisotopic (exact) mass is 421 g/mol. The van der Waals surface area contributed by atoms with Gasteiger partial charge in [-0.3, -0.25) is 5.10 Å². The van der Waals surface area contributed by atoms with Crippen LogP contribution in [0.15, 0.2) is 48.8 Å². The van der Waals surface area contributed by atoms with E-state index >= 15 is 0 Å². The number of nitrogens with zero attached hydrogens (tertiary/aromatic N) is 2. The molecule has 2 fully saturated rings. The number of hydrogen-bond donors (Lipinski definition) is 2. The van der Waals surface area contributed by atoms with Gasteiger partial charge in [0.25, 0.3) is 0 Å². The van der Waals surface area contributed by atoms with Crippen LogP contribution < -0.4 is 4.74 Å².